The Balaban J connectivity index is 1.83. The Labute approximate surface area is 169 Å². The van der Waals surface area contributed by atoms with Gasteiger partial charge in [-0.05, 0) is 24.3 Å². The van der Waals surface area contributed by atoms with Crippen molar-refractivity contribution in [2.24, 2.45) is 0 Å². The third-order valence-electron chi connectivity index (χ3n) is 4.52. The SMILES string of the molecule is COC1C(O)[C@@H](CO)O[C@H]1n1c(Sc2ccc(Cl)cc2)nc2c(N)ncnc21. The lowest BCUT2D eigenvalue weighted by molar-refractivity contribution is -0.0623. The van der Waals surface area contributed by atoms with Gasteiger partial charge in [0.1, 0.15) is 24.6 Å². The second-order valence-electron chi connectivity index (χ2n) is 6.19. The van der Waals surface area contributed by atoms with Crippen molar-refractivity contribution in [3.63, 3.8) is 0 Å². The number of hydrogen-bond donors (Lipinski definition) is 3. The Morgan fingerprint density at radius 1 is 1.32 bits per heavy atom. The molecule has 1 aliphatic rings. The Morgan fingerprint density at radius 2 is 2.07 bits per heavy atom. The fourth-order valence-corrected chi connectivity index (χ4v) is 4.18. The third-order valence-corrected chi connectivity index (χ3v) is 5.75. The van der Waals surface area contributed by atoms with Crippen molar-refractivity contribution in [3.05, 3.63) is 35.6 Å². The van der Waals surface area contributed by atoms with Gasteiger partial charge in [0.25, 0.3) is 0 Å². The van der Waals surface area contributed by atoms with E-state index in [2.05, 4.69) is 15.0 Å². The van der Waals surface area contributed by atoms with Crippen LogP contribution in [0.4, 0.5) is 5.82 Å². The maximum absolute atomic E-state index is 10.4. The number of nitrogens with two attached hydrogens (primary N) is 1. The van der Waals surface area contributed by atoms with E-state index in [1.165, 1.54) is 25.2 Å². The van der Waals surface area contributed by atoms with E-state index in [1.54, 1.807) is 16.7 Å². The van der Waals surface area contributed by atoms with E-state index in [-0.39, 0.29) is 12.4 Å². The summed E-state index contributed by atoms with van der Waals surface area (Å²) in [5.41, 5.74) is 6.85. The van der Waals surface area contributed by atoms with Crippen molar-refractivity contribution in [1.29, 1.82) is 0 Å². The van der Waals surface area contributed by atoms with Gasteiger partial charge in [0.05, 0.1) is 6.61 Å². The average molecular weight is 424 g/mol. The molecule has 4 rings (SSSR count). The van der Waals surface area contributed by atoms with Crippen LogP contribution in [-0.2, 0) is 9.47 Å². The van der Waals surface area contributed by atoms with Gasteiger partial charge in [-0.25, -0.2) is 15.0 Å². The monoisotopic (exact) mass is 423 g/mol. The Bertz CT molecular complexity index is 986. The van der Waals surface area contributed by atoms with Gasteiger partial charge in [0, 0.05) is 17.0 Å². The zero-order valence-corrected chi connectivity index (χ0v) is 16.3. The highest BCUT2D eigenvalue weighted by atomic mass is 35.5. The summed E-state index contributed by atoms with van der Waals surface area (Å²) in [7, 11) is 1.47. The number of benzene rings is 1. The smallest absolute Gasteiger partial charge is 0.177 e. The largest absolute Gasteiger partial charge is 0.394 e. The molecule has 0 bridgehead atoms. The molecule has 0 amide bonds. The summed E-state index contributed by atoms with van der Waals surface area (Å²) < 4.78 is 13.0. The van der Waals surface area contributed by atoms with E-state index in [0.29, 0.717) is 21.3 Å². The first kappa shape index (κ1) is 19.4. The minimum Gasteiger partial charge on any atom is -0.394 e. The average Bonchev–Trinajstić information content (AvgIpc) is 3.21. The highest BCUT2D eigenvalue weighted by Crippen LogP contribution is 2.39. The minimum absolute atomic E-state index is 0.230. The van der Waals surface area contributed by atoms with Crippen molar-refractivity contribution < 1.29 is 19.7 Å². The first-order valence-electron chi connectivity index (χ1n) is 8.42. The summed E-state index contributed by atoms with van der Waals surface area (Å²) in [6, 6.07) is 7.28. The summed E-state index contributed by atoms with van der Waals surface area (Å²) >= 11 is 7.32. The van der Waals surface area contributed by atoms with Crippen molar-refractivity contribution >= 4 is 40.3 Å². The van der Waals surface area contributed by atoms with Gasteiger partial charge in [-0.3, -0.25) is 4.57 Å². The number of aliphatic hydroxyl groups is 2. The number of aromatic nitrogens is 4. The van der Waals surface area contributed by atoms with E-state index < -0.39 is 24.5 Å². The van der Waals surface area contributed by atoms with Crippen molar-refractivity contribution in [1.82, 2.24) is 19.5 Å². The maximum Gasteiger partial charge on any atom is 0.177 e. The molecule has 11 heteroatoms. The van der Waals surface area contributed by atoms with Gasteiger partial charge in [0.15, 0.2) is 28.4 Å². The van der Waals surface area contributed by atoms with Crippen LogP contribution in [0.3, 0.4) is 0 Å². The van der Waals surface area contributed by atoms with Crippen LogP contribution in [0.5, 0.6) is 0 Å². The first-order chi connectivity index (χ1) is 13.5. The number of anilines is 1. The lowest BCUT2D eigenvalue weighted by atomic mass is 10.1. The zero-order valence-electron chi connectivity index (χ0n) is 14.8. The summed E-state index contributed by atoms with van der Waals surface area (Å²) in [5, 5.41) is 21.1. The Kier molecular flexibility index (Phi) is 5.41. The molecule has 3 heterocycles. The molecule has 3 aromatic rings. The van der Waals surface area contributed by atoms with Gasteiger partial charge in [-0.15, -0.1) is 0 Å². The van der Waals surface area contributed by atoms with Crippen LogP contribution in [0.2, 0.25) is 5.02 Å². The summed E-state index contributed by atoms with van der Waals surface area (Å²) in [5.74, 6) is 0.230. The number of nitrogen functional groups attached to an aromatic ring is 1. The van der Waals surface area contributed by atoms with E-state index in [0.717, 1.165) is 4.90 Å². The topological polar surface area (TPSA) is 129 Å². The van der Waals surface area contributed by atoms with Crippen molar-refractivity contribution in [2.75, 3.05) is 19.5 Å². The molecule has 0 radical (unpaired) electrons. The normalized spacial score (nSPS) is 24.9. The molecule has 28 heavy (non-hydrogen) atoms. The van der Waals surface area contributed by atoms with Gasteiger partial charge < -0.3 is 25.4 Å². The van der Waals surface area contributed by atoms with Crippen LogP contribution < -0.4 is 5.73 Å². The number of rotatable bonds is 5. The molecule has 1 fully saturated rings. The Morgan fingerprint density at radius 3 is 2.75 bits per heavy atom. The standard InChI is InChI=1S/C17H18ClN5O4S/c1-26-13-12(25)10(6-24)27-16(13)23-15-11(14(19)20-7-21-15)22-17(23)28-9-4-2-8(18)3-5-9/h2-5,7,10,12-13,16,24-25H,6H2,1H3,(H2,19,20,21)/t10-,12?,13?,16-/m1/s1. The number of ether oxygens (including phenoxy) is 2. The molecule has 1 saturated heterocycles. The molecule has 4 N–H and O–H groups in total. The molecule has 2 aromatic heterocycles. The van der Waals surface area contributed by atoms with Gasteiger partial charge in [0.2, 0.25) is 0 Å². The van der Waals surface area contributed by atoms with Crippen LogP contribution in [-0.4, -0.2) is 61.8 Å². The second-order valence-corrected chi connectivity index (χ2v) is 7.67. The highest BCUT2D eigenvalue weighted by Gasteiger charge is 2.46. The van der Waals surface area contributed by atoms with E-state index in [9.17, 15) is 10.2 Å². The van der Waals surface area contributed by atoms with Crippen LogP contribution in [0, 0.1) is 0 Å². The number of aliphatic hydroxyl groups excluding tert-OH is 2. The molecular weight excluding hydrogens is 406 g/mol. The lowest BCUT2D eigenvalue weighted by Crippen LogP contribution is -2.34. The molecular formula is C17H18ClN5O4S. The van der Waals surface area contributed by atoms with E-state index >= 15 is 0 Å². The summed E-state index contributed by atoms with van der Waals surface area (Å²) in [4.78, 5) is 13.8. The second kappa shape index (κ2) is 7.82. The number of halogens is 1. The highest BCUT2D eigenvalue weighted by molar-refractivity contribution is 7.99. The van der Waals surface area contributed by atoms with Crippen LogP contribution in [0.25, 0.3) is 11.2 Å². The van der Waals surface area contributed by atoms with Crippen LogP contribution >= 0.6 is 23.4 Å². The van der Waals surface area contributed by atoms with E-state index in [1.807, 2.05) is 12.1 Å². The molecule has 0 spiro atoms. The fourth-order valence-electron chi connectivity index (χ4n) is 3.15. The molecule has 4 atom stereocenters. The molecule has 2 unspecified atom stereocenters. The summed E-state index contributed by atoms with van der Waals surface area (Å²) in [6.45, 7) is -0.346. The quantitative estimate of drug-likeness (QED) is 0.558. The van der Waals surface area contributed by atoms with Crippen LogP contribution in [0.15, 0.2) is 40.6 Å². The number of methoxy groups -OCH3 is 1. The fraction of sp³-hybridized carbons (Fsp3) is 0.353. The number of fused-ring (bicyclic) bond motifs is 1. The number of nitrogens with zero attached hydrogens (tertiary/aromatic N) is 4. The number of imidazole rings is 1. The molecule has 9 nitrogen and oxygen atoms in total. The molecule has 1 aliphatic heterocycles. The maximum atomic E-state index is 10.4. The predicted molar refractivity (Wildman–Crippen MR) is 103 cm³/mol. The van der Waals surface area contributed by atoms with Crippen molar-refractivity contribution in [3.8, 4) is 0 Å². The van der Waals surface area contributed by atoms with Gasteiger partial charge in [-0.1, -0.05) is 23.4 Å². The lowest BCUT2D eigenvalue weighted by Gasteiger charge is -2.21. The Hall–Kier alpha value is -1.95. The molecule has 0 aliphatic carbocycles. The minimum atomic E-state index is -1.01. The molecule has 0 saturated carbocycles. The summed E-state index contributed by atoms with van der Waals surface area (Å²) in [6.07, 6.45) is -1.95. The zero-order chi connectivity index (χ0) is 19.8. The third kappa shape index (κ3) is 3.32. The van der Waals surface area contributed by atoms with Gasteiger partial charge >= 0.3 is 0 Å². The van der Waals surface area contributed by atoms with Gasteiger partial charge in [-0.2, -0.15) is 0 Å². The predicted octanol–water partition coefficient (Wildman–Crippen LogP) is 1.48. The first-order valence-corrected chi connectivity index (χ1v) is 9.62. The molecule has 148 valence electrons. The van der Waals surface area contributed by atoms with E-state index in [4.69, 9.17) is 26.8 Å². The number of hydrogen-bond acceptors (Lipinski definition) is 9. The van der Waals surface area contributed by atoms with Crippen LogP contribution in [0.1, 0.15) is 6.23 Å². The molecule has 1 aromatic carbocycles. The van der Waals surface area contributed by atoms with Crippen molar-refractivity contribution in [2.45, 2.75) is 34.6 Å².